The molecule has 32 heavy (non-hydrogen) atoms. The number of carbonyl (C=O) groups is 1. The predicted molar refractivity (Wildman–Crippen MR) is 117 cm³/mol. The van der Waals surface area contributed by atoms with Gasteiger partial charge in [-0.05, 0) is 75.2 Å². The van der Waals surface area contributed by atoms with Crippen LogP contribution in [0.15, 0.2) is 48.5 Å². The van der Waals surface area contributed by atoms with E-state index >= 15 is 0 Å². The molecule has 0 aliphatic carbocycles. The first-order valence-electron chi connectivity index (χ1n) is 11.1. The molecule has 1 unspecified atom stereocenters. The Kier molecular flexibility index (Phi) is 8.34. The van der Waals surface area contributed by atoms with Crippen LogP contribution in [-0.4, -0.2) is 54.9 Å². The second kappa shape index (κ2) is 11.0. The zero-order valence-corrected chi connectivity index (χ0v) is 18.6. The number of aliphatic hydroxyl groups excluding tert-OH is 1. The molecule has 1 atom stereocenters. The molecule has 0 spiro atoms. The van der Waals surface area contributed by atoms with Gasteiger partial charge in [-0.2, -0.15) is 0 Å². The molecule has 3 rings (SSSR count). The average Bonchev–Trinajstić information content (AvgIpc) is 2.79. The second-order valence-electron chi connectivity index (χ2n) is 8.25. The number of carbonyl (C=O) groups excluding carboxylic acids is 1. The number of piperidine rings is 1. The first kappa shape index (κ1) is 24.3. The lowest BCUT2D eigenvalue weighted by atomic mass is 9.74. The van der Waals surface area contributed by atoms with Crippen molar-refractivity contribution < 1.29 is 28.2 Å². The smallest absolute Gasteiger partial charge is 0.314 e. The lowest BCUT2D eigenvalue weighted by Gasteiger charge is -2.41. The Labute approximate surface area is 188 Å². The third-order valence-corrected chi connectivity index (χ3v) is 6.27. The van der Waals surface area contributed by atoms with Crippen molar-refractivity contribution in [2.45, 2.75) is 38.9 Å². The van der Waals surface area contributed by atoms with Crippen LogP contribution in [0.5, 0.6) is 0 Å². The number of ether oxygens (including phenoxy) is 2. The van der Waals surface area contributed by atoms with E-state index in [9.17, 15) is 18.7 Å². The quantitative estimate of drug-likeness (QED) is 0.587. The van der Waals surface area contributed by atoms with Crippen LogP contribution in [0.3, 0.4) is 0 Å². The Morgan fingerprint density at radius 3 is 1.97 bits per heavy atom. The van der Waals surface area contributed by atoms with Crippen LogP contribution in [0.4, 0.5) is 8.78 Å². The molecule has 0 aromatic heterocycles. The Morgan fingerprint density at radius 1 is 1.03 bits per heavy atom. The van der Waals surface area contributed by atoms with Crippen LogP contribution >= 0.6 is 0 Å². The molecule has 1 N–H and O–H groups in total. The van der Waals surface area contributed by atoms with Crippen LogP contribution in [-0.2, 0) is 14.3 Å². The predicted octanol–water partition coefficient (Wildman–Crippen LogP) is 4.10. The van der Waals surface area contributed by atoms with Crippen LogP contribution in [0.25, 0.3) is 0 Å². The lowest BCUT2D eigenvalue weighted by Crippen LogP contribution is -2.51. The summed E-state index contributed by atoms with van der Waals surface area (Å²) < 4.78 is 38.1. The number of hydrogen-bond acceptors (Lipinski definition) is 5. The Morgan fingerprint density at radius 2 is 1.53 bits per heavy atom. The number of esters is 1. The molecule has 0 radical (unpaired) electrons. The van der Waals surface area contributed by atoms with Gasteiger partial charge in [0.05, 0.1) is 24.7 Å². The van der Waals surface area contributed by atoms with Gasteiger partial charge in [0.2, 0.25) is 0 Å². The van der Waals surface area contributed by atoms with E-state index in [4.69, 9.17) is 9.47 Å². The maximum absolute atomic E-state index is 13.4. The van der Waals surface area contributed by atoms with Crippen LogP contribution < -0.4 is 0 Å². The highest BCUT2D eigenvalue weighted by Gasteiger charge is 2.46. The van der Waals surface area contributed by atoms with Gasteiger partial charge in [-0.1, -0.05) is 24.3 Å². The summed E-state index contributed by atoms with van der Waals surface area (Å²) in [5.41, 5.74) is 0.706. The van der Waals surface area contributed by atoms with E-state index in [1.54, 1.807) is 38.1 Å². The first-order valence-corrected chi connectivity index (χ1v) is 11.1. The standard InChI is InChI=1S/C25H31F2NO4/c1-3-31-24(30)25(18(2)29)12-14-28(15-13-25)16-17-32-23(19-4-8-21(26)9-5-19)20-6-10-22(27)11-7-20/h4-11,18,23,29H,3,12-17H2,1-2H3. The molecule has 1 fully saturated rings. The maximum atomic E-state index is 13.4. The Hall–Kier alpha value is -2.35. The molecular weight excluding hydrogens is 416 g/mol. The molecule has 1 heterocycles. The molecule has 1 aliphatic heterocycles. The Balaban J connectivity index is 1.61. The van der Waals surface area contributed by atoms with Gasteiger partial charge in [0.15, 0.2) is 0 Å². The molecule has 1 aliphatic rings. The summed E-state index contributed by atoms with van der Waals surface area (Å²) in [4.78, 5) is 14.6. The van der Waals surface area contributed by atoms with Crippen molar-refractivity contribution in [2.24, 2.45) is 5.41 Å². The largest absolute Gasteiger partial charge is 0.465 e. The molecule has 7 heteroatoms. The van der Waals surface area contributed by atoms with E-state index in [0.29, 0.717) is 45.7 Å². The fourth-order valence-electron chi connectivity index (χ4n) is 4.20. The van der Waals surface area contributed by atoms with Crippen molar-refractivity contribution in [3.8, 4) is 0 Å². The van der Waals surface area contributed by atoms with Gasteiger partial charge in [0.1, 0.15) is 17.7 Å². The average molecular weight is 448 g/mol. The summed E-state index contributed by atoms with van der Waals surface area (Å²) in [5.74, 6) is -0.996. The third kappa shape index (κ3) is 5.71. The van der Waals surface area contributed by atoms with E-state index in [-0.39, 0.29) is 17.6 Å². The molecule has 5 nitrogen and oxygen atoms in total. The summed E-state index contributed by atoms with van der Waals surface area (Å²) in [6.07, 6.45) is -0.190. The SMILES string of the molecule is CCOC(=O)C1(C(C)O)CCN(CCOC(c2ccc(F)cc2)c2ccc(F)cc2)CC1. The first-order chi connectivity index (χ1) is 15.4. The van der Waals surface area contributed by atoms with Crippen molar-refractivity contribution in [3.05, 3.63) is 71.3 Å². The van der Waals surface area contributed by atoms with Crippen LogP contribution in [0.2, 0.25) is 0 Å². The minimum absolute atomic E-state index is 0.291. The van der Waals surface area contributed by atoms with Crippen molar-refractivity contribution in [1.29, 1.82) is 0 Å². The molecular formula is C25H31F2NO4. The zero-order valence-electron chi connectivity index (χ0n) is 18.6. The van der Waals surface area contributed by atoms with Crippen molar-refractivity contribution in [3.63, 3.8) is 0 Å². The highest BCUT2D eigenvalue weighted by atomic mass is 19.1. The summed E-state index contributed by atoms with van der Waals surface area (Å²) in [6, 6.07) is 12.2. The van der Waals surface area contributed by atoms with Gasteiger partial charge in [-0.3, -0.25) is 4.79 Å². The lowest BCUT2D eigenvalue weighted by molar-refractivity contribution is -0.167. The molecule has 174 valence electrons. The van der Waals surface area contributed by atoms with E-state index in [1.807, 2.05) is 0 Å². The molecule has 2 aromatic carbocycles. The van der Waals surface area contributed by atoms with E-state index < -0.39 is 17.6 Å². The number of hydrogen-bond donors (Lipinski definition) is 1. The summed E-state index contributed by atoms with van der Waals surface area (Å²) in [6.45, 7) is 6.03. The number of rotatable bonds is 9. The number of halogens is 2. The summed E-state index contributed by atoms with van der Waals surface area (Å²) in [7, 11) is 0. The molecule has 0 saturated carbocycles. The minimum Gasteiger partial charge on any atom is -0.465 e. The van der Waals surface area contributed by atoms with Crippen LogP contribution in [0.1, 0.15) is 43.9 Å². The molecule has 2 aromatic rings. The monoisotopic (exact) mass is 447 g/mol. The minimum atomic E-state index is -0.863. The van der Waals surface area contributed by atoms with Crippen molar-refractivity contribution in [2.75, 3.05) is 32.8 Å². The highest BCUT2D eigenvalue weighted by Crippen LogP contribution is 2.36. The number of benzene rings is 2. The van der Waals surface area contributed by atoms with E-state index in [1.165, 1.54) is 24.3 Å². The second-order valence-corrected chi connectivity index (χ2v) is 8.25. The molecule has 0 bridgehead atoms. The van der Waals surface area contributed by atoms with Gasteiger partial charge >= 0.3 is 5.97 Å². The van der Waals surface area contributed by atoms with Gasteiger partial charge in [-0.25, -0.2) is 8.78 Å². The van der Waals surface area contributed by atoms with Gasteiger partial charge in [0.25, 0.3) is 0 Å². The normalized spacial score (nSPS) is 17.3. The van der Waals surface area contributed by atoms with Gasteiger partial charge < -0.3 is 19.5 Å². The van der Waals surface area contributed by atoms with E-state index in [2.05, 4.69) is 4.90 Å². The molecule has 0 amide bonds. The van der Waals surface area contributed by atoms with Crippen molar-refractivity contribution in [1.82, 2.24) is 4.90 Å². The summed E-state index contributed by atoms with van der Waals surface area (Å²) >= 11 is 0. The summed E-state index contributed by atoms with van der Waals surface area (Å²) in [5, 5.41) is 10.3. The number of aliphatic hydroxyl groups is 1. The topological polar surface area (TPSA) is 59.0 Å². The van der Waals surface area contributed by atoms with Crippen molar-refractivity contribution >= 4 is 5.97 Å². The third-order valence-electron chi connectivity index (χ3n) is 6.27. The van der Waals surface area contributed by atoms with Crippen LogP contribution in [0, 0.1) is 17.0 Å². The fraction of sp³-hybridized carbons (Fsp3) is 0.480. The highest BCUT2D eigenvalue weighted by molar-refractivity contribution is 5.77. The van der Waals surface area contributed by atoms with Gasteiger partial charge in [0, 0.05) is 6.54 Å². The maximum Gasteiger partial charge on any atom is 0.314 e. The van der Waals surface area contributed by atoms with Gasteiger partial charge in [-0.15, -0.1) is 0 Å². The number of nitrogens with zero attached hydrogens (tertiary/aromatic N) is 1. The zero-order chi connectivity index (χ0) is 23.1. The fourth-order valence-corrected chi connectivity index (χ4v) is 4.20. The Bertz CT molecular complexity index is 817. The van der Waals surface area contributed by atoms with E-state index in [0.717, 1.165) is 11.1 Å². The molecule has 1 saturated heterocycles. The number of likely N-dealkylation sites (tertiary alicyclic amines) is 1.